The van der Waals surface area contributed by atoms with Crippen LogP contribution in [-0.4, -0.2) is 35.0 Å². The van der Waals surface area contributed by atoms with E-state index < -0.39 is 0 Å². The van der Waals surface area contributed by atoms with Crippen LogP contribution < -0.4 is 0 Å². The number of morpholine rings is 1. The lowest BCUT2D eigenvalue weighted by Gasteiger charge is -2.42. The molecule has 1 atom stereocenters. The second-order valence-corrected chi connectivity index (χ2v) is 7.07. The van der Waals surface area contributed by atoms with Gasteiger partial charge in [0, 0.05) is 25.0 Å². The van der Waals surface area contributed by atoms with Gasteiger partial charge in [-0.2, -0.15) is 0 Å². The predicted octanol–water partition coefficient (Wildman–Crippen LogP) is 3.96. The summed E-state index contributed by atoms with van der Waals surface area (Å²) in [6.07, 6.45) is 0.202. The fraction of sp³-hybridized carbons (Fsp3) is 0.571. The topological polar surface area (TPSA) is 12.5 Å². The Bertz CT molecular complexity index is 453. The molecule has 2 nitrogen and oxygen atoms in total. The molecule has 0 bridgehead atoms. The minimum atomic E-state index is -0.218. The highest BCUT2D eigenvalue weighted by Crippen LogP contribution is 2.24. The summed E-state index contributed by atoms with van der Waals surface area (Å²) in [5.74, 6) is -0.218. The van der Waals surface area contributed by atoms with Gasteiger partial charge in [-0.05, 0) is 47.5 Å². The summed E-state index contributed by atoms with van der Waals surface area (Å²) in [5, 5.41) is 0.833. The van der Waals surface area contributed by atoms with E-state index in [1.807, 2.05) is 12.1 Å². The molecule has 1 fully saturated rings. The van der Waals surface area contributed by atoms with Crippen LogP contribution in [0.5, 0.6) is 0 Å². The van der Waals surface area contributed by atoms with Gasteiger partial charge >= 0.3 is 0 Å². The smallest absolute Gasteiger partial charge is 0.137 e. The molecule has 0 radical (unpaired) electrons. The van der Waals surface area contributed by atoms with E-state index in [4.69, 9.17) is 4.74 Å². The van der Waals surface area contributed by atoms with E-state index >= 15 is 0 Å². The van der Waals surface area contributed by atoms with Crippen molar-refractivity contribution in [1.82, 2.24) is 4.90 Å². The molecular formula is C14H18Br2FNO. The summed E-state index contributed by atoms with van der Waals surface area (Å²) < 4.78 is 19.7. The molecule has 0 saturated carbocycles. The minimum absolute atomic E-state index is 0.145. The maximum atomic E-state index is 13.2. The van der Waals surface area contributed by atoms with Crippen molar-refractivity contribution in [2.24, 2.45) is 0 Å². The third kappa shape index (κ3) is 4.25. The van der Waals surface area contributed by atoms with Crippen LogP contribution in [0, 0.1) is 5.82 Å². The Morgan fingerprint density at radius 2 is 2.21 bits per heavy atom. The van der Waals surface area contributed by atoms with Gasteiger partial charge in [0.05, 0.1) is 16.2 Å². The van der Waals surface area contributed by atoms with Crippen molar-refractivity contribution in [3.05, 3.63) is 34.1 Å². The van der Waals surface area contributed by atoms with E-state index in [0.29, 0.717) is 4.47 Å². The molecule has 1 saturated heterocycles. The van der Waals surface area contributed by atoms with Gasteiger partial charge in [-0.25, -0.2) is 4.39 Å². The van der Waals surface area contributed by atoms with E-state index in [9.17, 15) is 4.39 Å². The van der Waals surface area contributed by atoms with Gasteiger partial charge < -0.3 is 4.74 Å². The predicted molar refractivity (Wildman–Crippen MR) is 82.1 cm³/mol. The summed E-state index contributed by atoms with van der Waals surface area (Å²) in [7, 11) is 0. The average molecular weight is 395 g/mol. The first-order valence-corrected chi connectivity index (χ1v) is 8.21. The molecule has 5 heteroatoms. The Morgan fingerprint density at radius 1 is 1.47 bits per heavy atom. The van der Waals surface area contributed by atoms with Crippen LogP contribution in [-0.2, 0) is 11.3 Å². The summed E-state index contributed by atoms with van der Waals surface area (Å²) in [6.45, 7) is 6.80. The minimum Gasteiger partial charge on any atom is -0.369 e. The first kappa shape index (κ1) is 15.4. The average Bonchev–Trinajstić information content (AvgIpc) is 2.32. The zero-order valence-electron chi connectivity index (χ0n) is 11.1. The lowest BCUT2D eigenvalue weighted by atomic mass is 10.0. The SMILES string of the molecule is CC1(C)CN(Cc2ccc(F)c(Br)c2)CC(CBr)O1. The highest BCUT2D eigenvalue weighted by molar-refractivity contribution is 9.10. The number of hydrogen-bond acceptors (Lipinski definition) is 2. The van der Waals surface area contributed by atoms with Gasteiger partial charge in [-0.1, -0.05) is 22.0 Å². The van der Waals surface area contributed by atoms with E-state index in [2.05, 4.69) is 50.6 Å². The number of hydrogen-bond donors (Lipinski definition) is 0. The van der Waals surface area contributed by atoms with Crippen molar-refractivity contribution in [2.75, 3.05) is 18.4 Å². The summed E-state index contributed by atoms with van der Waals surface area (Å²) in [4.78, 5) is 2.36. The fourth-order valence-corrected chi connectivity index (χ4v) is 3.28. The number of halogens is 3. The maximum absolute atomic E-state index is 13.2. The molecule has 0 amide bonds. The number of nitrogens with zero attached hydrogens (tertiary/aromatic N) is 1. The first-order chi connectivity index (χ1) is 8.89. The Hall–Kier alpha value is 0.0300. The highest BCUT2D eigenvalue weighted by Gasteiger charge is 2.32. The Kier molecular flexibility index (Phi) is 5.04. The van der Waals surface area contributed by atoms with Crippen LogP contribution in [0.25, 0.3) is 0 Å². The Morgan fingerprint density at radius 3 is 2.84 bits per heavy atom. The van der Waals surface area contributed by atoms with Crippen LogP contribution in [0.1, 0.15) is 19.4 Å². The van der Waals surface area contributed by atoms with Crippen LogP contribution >= 0.6 is 31.9 Å². The van der Waals surface area contributed by atoms with Crippen molar-refractivity contribution < 1.29 is 9.13 Å². The van der Waals surface area contributed by atoms with Crippen LogP contribution in [0.4, 0.5) is 4.39 Å². The molecule has 0 aromatic heterocycles. The van der Waals surface area contributed by atoms with Gasteiger partial charge in [0.1, 0.15) is 5.82 Å². The second kappa shape index (κ2) is 6.20. The second-order valence-electron chi connectivity index (χ2n) is 5.57. The van der Waals surface area contributed by atoms with Crippen molar-refractivity contribution in [2.45, 2.75) is 32.1 Å². The fourth-order valence-electron chi connectivity index (χ4n) is 2.51. The normalized spacial score (nSPS) is 23.5. The monoisotopic (exact) mass is 393 g/mol. The lowest BCUT2D eigenvalue weighted by molar-refractivity contribution is -0.128. The number of ether oxygens (including phenoxy) is 1. The number of benzene rings is 1. The third-order valence-electron chi connectivity index (χ3n) is 3.11. The molecule has 19 heavy (non-hydrogen) atoms. The quantitative estimate of drug-likeness (QED) is 0.719. The van der Waals surface area contributed by atoms with Gasteiger partial charge in [0.2, 0.25) is 0 Å². The van der Waals surface area contributed by atoms with Crippen LogP contribution in [0.15, 0.2) is 22.7 Å². The van der Waals surface area contributed by atoms with E-state index in [-0.39, 0.29) is 17.5 Å². The first-order valence-electron chi connectivity index (χ1n) is 6.30. The van der Waals surface area contributed by atoms with Crippen molar-refractivity contribution in [1.29, 1.82) is 0 Å². The molecule has 1 unspecified atom stereocenters. The van der Waals surface area contributed by atoms with E-state index in [1.54, 1.807) is 0 Å². The summed E-state index contributed by atoms with van der Waals surface area (Å²) in [5.41, 5.74) is 0.966. The molecule has 1 heterocycles. The van der Waals surface area contributed by atoms with E-state index in [0.717, 1.165) is 30.5 Å². The molecule has 1 aliphatic heterocycles. The molecule has 0 N–H and O–H groups in total. The van der Waals surface area contributed by atoms with Gasteiger partial charge in [0.25, 0.3) is 0 Å². The van der Waals surface area contributed by atoms with Gasteiger partial charge in [-0.15, -0.1) is 0 Å². The highest BCUT2D eigenvalue weighted by atomic mass is 79.9. The zero-order chi connectivity index (χ0) is 14.0. The standard InChI is InChI=1S/C14H18Br2FNO/c1-14(2)9-18(8-11(6-15)19-14)7-10-3-4-13(17)12(16)5-10/h3-5,11H,6-9H2,1-2H3. The Balaban J connectivity index is 2.07. The molecule has 0 aliphatic carbocycles. The molecule has 1 aromatic carbocycles. The maximum Gasteiger partial charge on any atom is 0.137 e. The molecule has 1 aliphatic rings. The lowest BCUT2D eigenvalue weighted by Crippen LogP contribution is -2.52. The number of rotatable bonds is 3. The van der Waals surface area contributed by atoms with Crippen molar-refractivity contribution in [3.63, 3.8) is 0 Å². The Labute approximate surface area is 130 Å². The molecule has 106 valence electrons. The zero-order valence-corrected chi connectivity index (χ0v) is 14.3. The number of alkyl halides is 1. The molecule has 1 aromatic rings. The molecule has 0 spiro atoms. The molecule has 2 rings (SSSR count). The van der Waals surface area contributed by atoms with Crippen molar-refractivity contribution >= 4 is 31.9 Å². The third-order valence-corrected chi connectivity index (χ3v) is 4.44. The molecular weight excluding hydrogens is 377 g/mol. The van der Waals surface area contributed by atoms with Gasteiger partial charge in [-0.3, -0.25) is 4.90 Å². The van der Waals surface area contributed by atoms with Gasteiger partial charge in [0.15, 0.2) is 0 Å². The van der Waals surface area contributed by atoms with E-state index in [1.165, 1.54) is 6.07 Å². The largest absolute Gasteiger partial charge is 0.369 e. The summed E-state index contributed by atoms with van der Waals surface area (Å²) >= 11 is 6.72. The summed E-state index contributed by atoms with van der Waals surface area (Å²) in [6, 6.07) is 5.19. The van der Waals surface area contributed by atoms with Crippen molar-refractivity contribution in [3.8, 4) is 0 Å². The van der Waals surface area contributed by atoms with Crippen LogP contribution in [0.3, 0.4) is 0 Å². The van der Waals surface area contributed by atoms with Crippen LogP contribution in [0.2, 0.25) is 0 Å².